The van der Waals surface area contributed by atoms with Crippen LogP contribution in [0.5, 0.6) is 11.5 Å². The molecular weight excluding hydrogens is 298 g/mol. The van der Waals surface area contributed by atoms with E-state index >= 15 is 0 Å². The predicted octanol–water partition coefficient (Wildman–Crippen LogP) is 3.65. The molecule has 0 aliphatic carbocycles. The molecule has 1 aliphatic rings. The van der Waals surface area contributed by atoms with Crippen molar-refractivity contribution >= 4 is 0 Å². The van der Waals surface area contributed by atoms with E-state index in [1.54, 1.807) is 12.4 Å². The van der Waals surface area contributed by atoms with E-state index in [0.29, 0.717) is 0 Å². The van der Waals surface area contributed by atoms with Gasteiger partial charge in [-0.05, 0) is 24.1 Å². The second-order valence-corrected chi connectivity index (χ2v) is 6.87. The molecule has 0 bridgehead atoms. The zero-order valence-corrected chi connectivity index (χ0v) is 14.7. The van der Waals surface area contributed by atoms with E-state index in [4.69, 9.17) is 4.74 Å². The minimum atomic E-state index is 0.741. The minimum absolute atomic E-state index is 0.741. The molecule has 0 saturated carbocycles. The number of aromatic nitrogens is 1. The molecular formula is C20H27N3O. The van der Waals surface area contributed by atoms with Crippen molar-refractivity contribution in [2.75, 3.05) is 32.7 Å². The molecule has 24 heavy (non-hydrogen) atoms. The van der Waals surface area contributed by atoms with Crippen LogP contribution in [-0.4, -0.2) is 47.5 Å². The van der Waals surface area contributed by atoms with E-state index in [0.717, 1.165) is 50.1 Å². The SMILES string of the molecule is CC(C)CN1CCN(Cc2ccccc2Oc2cccnc2)CC1. The Labute approximate surface area is 145 Å². The van der Waals surface area contributed by atoms with Crippen LogP contribution in [0.2, 0.25) is 0 Å². The molecule has 2 aromatic rings. The van der Waals surface area contributed by atoms with Gasteiger partial charge in [0.1, 0.15) is 11.5 Å². The Morgan fingerprint density at radius 2 is 1.75 bits per heavy atom. The Bertz CT molecular complexity index is 622. The van der Waals surface area contributed by atoms with Crippen LogP contribution in [0, 0.1) is 5.92 Å². The van der Waals surface area contributed by atoms with Gasteiger partial charge in [0.05, 0.1) is 6.20 Å². The Morgan fingerprint density at radius 3 is 2.46 bits per heavy atom. The molecule has 2 heterocycles. The van der Waals surface area contributed by atoms with E-state index in [1.165, 1.54) is 12.1 Å². The highest BCUT2D eigenvalue weighted by atomic mass is 16.5. The lowest BCUT2D eigenvalue weighted by molar-refractivity contribution is 0.117. The summed E-state index contributed by atoms with van der Waals surface area (Å²) >= 11 is 0. The van der Waals surface area contributed by atoms with Crippen LogP contribution in [-0.2, 0) is 6.54 Å². The highest BCUT2D eigenvalue weighted by Gasteiger charge is 2.18. The maximum atomic E-state index is 6.03. The van der Waals surface area contributed by atoms with Gasteiger partial charge in [0, 0.05) is 51.0 Å². The Balaban J connectivity index is 1.60. The third kappa shape index (κ3) is 4.79. The highest BCUT2D eigenvalue weighted by molar-refractivity contribution is 5.37. The van der Waals surface area contributed by atoms with Crippen LogP contribution < -0.4 is 4.74 Å². The van der Waals surface area contributed by atoms with Gasteiger partial charge in [-0.1, -0.05) is 32.0 Å². The van der Waals surface area contributed by atoms with Gasteiger partial charge in [-0.2, -0.15) is 0 Å². The van der Waals surface area contributed by atoms with Crippen LogP contribution in [0.3, 0.4) is 0 Å². The number of hydrogen-bond acceptors (Lipinski definition) is 4. The van der Waals surface area contributed by atoms with Gasteiger partial charge in [0.25, 0.3) is 0 Å². The lowest BCUT2D eigenvalue weighted by Gasteiger charge is -2.35. The second kappa shape index (κ2) is 8.27. The van der Waals surface area contributed by atoms with Crippen LogP contribution in [0.15, 0.2) is 48.8 Å². The van der Waals surface area contributed by atoms with Crippen LogP contribution >= 0.6 is 0 Å². The fourth-order valence-electron chi connectivity index (χ4n) is 3.16. The number of hydrogen-bond donors (Lipinski definition) is 0. The van der Waals surface area contributed by atoms with E-state index in [9.17, 15) is 0 Å². The standard InChI is InChI=1S/C20H27N3O/c1-17(2)15-22-10-12-23(13-11-22)16-18-6-3-4-8-20(18)24-19-7-5-9-21-14-19/h3-9,14,17H,10-13,15-16H2,1-2H3. The number of benzene rings is 1. The first-order valence-electron chi connectivity index (χ1n) is 8.81. The average Bonchev–Trinajstić information content (AvgIpc) is 2.59. The first-order chi connectivity index (χ1) is 11.7. The molecule has 1 fully saturated rings. The summed E-state index contributed by atoms with van der Waals surface area (Å²) in [6, 6.07) is 12.1. The van der Waals surface area contributed by atoms with E-state index in [1.807, 2.05) is 24.3 Å². The maximum Gasteiger partial charge on any atom is 0.145 e. The van der Waals surface area contributed by atoms with Gasteiger partial charge in [-0.25, -0.2) is 0 Å². The summed E-state index contributed by atoms with van der Waals surface area (Å²) in [5.41, 5.74) is 1.23. The maximum absolute atomic E-state index is 6.03. The molecule has 0 spiro atoms. The summed E-state index contributed by atoms with van der Waals surface area (Å²) in [5, 5.41) is 0. The third-order valence-electron chi connectivity index (χ3n) is 4.32. The number of ether oxygens (including phenoxy) is 1. The Morgan fingerprint density at radius 1 is 1.00 bits per heavy atom. The Hall–Kier alpha value is -1.91. The van der Waals surface area contributed by atoms with Gasteiger partial charge in [0.2, 0.25) is 0 Å². The first-order valence-corrected chi connectivity index (χ1v) is 8.81. The van der Waals surface area contributed by atoms with Crippen LogP contribution in [0.4, 0.5) is 0 Å². The molecule has 3 rings (SSSR count). The van der Waals surface area contributed by atoms with Crippen molar-refractivity contribution in [3.63, 3.8) is 0 Å². The van der Waals surface area contributed by atoms with E-state index in [-0.39, 0.29) is 0 Å². The van der Waals surface area contributed by atoms with Crippen molar-refractivity contribution in [2.24, 2.45) is 5.92 Å². The second-order valence-electron chi connectivity index (χ2n) is 6.87. The van der Waals surface area contributed by atoms with E-state index < -0.39 is 0 Å². The lowest BCUT2D eigenvalue weighted by atomic mass is 10.1. The highest BCUT2D eigenvalue weighted by Crippen LogP contribution is 2.26. The molecule has 0 N–H and O–H groups in total. The van der Waals surface area contributed by atoms with Crippen molar-refractivity contribution in [2.45, 2.75) is 20.4 Å². The molecule has 0 amide bonds. The van der Waals surface area contributed by atoms with Crippen molar-refractivity contribution in [1.82, 2.24) is 14.8 Å². The average molecular weight is 325 g/mol. The fraction of sp³-hybridized carbons (Fsp3) is 0.450. The molecule has 1 aromatic heterocycles. The van der Waals surface area contributed by atoms with Crippen LogP contribution in [0.1, 0.15) is 19.4 Å². The summed E-state index contributed by atoms with van der Waals surface area (Å²) in [5.74, 6) is 2.45. The normalized spacial score (nSPS) is 16.5. The molecule has 0 unspecified atom stereocenters. The number of para-hydroxylation sites is 1. The van der Waals surface area contributed by atoms with Gasteiger partial charge in [0.15, 0.2) is 0 Å². The third-order valence-corrected chi connectivity index (χ3v) is 4.32. The quantitative estimate of drug-likeness (QED) is 0.810. The van der Waals surface area contributed by atoms with E-state index in [2.05, 4.69) is 40.8 Å². The van der Waals surface area contributed by atoms with Gasteiger partial charge < -0.3 is 9.64 Å². The van der Waals surface area contributed by atoms with Gasteiger partial charge >= 0.3 is 0 Å². The zero-order chi connectivity index (χ0) is 16.8. The summed E-state index contributed by atoms with van der Waals surface area (Å²) in [4.78, 5) is 9.20. The van der Waals surface area contributed by atoms with Crippen molar-refractivity contribution in [3.8, 4) is 11.5 Å². The van der Waals surface area contributed by atoms with Crippen molar-refractivity contribution < 1.29 is 4.74 Å². The number of nitrogens with zero attached hydrogens (tertiary/aromatic N) is 3. The number of pyridine rings is 1. The molecule has 128 valence electrons. The Kier molecular flexibility index (Phi) is 5.83. The molecule has 0 atom stereocenters. The molecule has 1 aliphatic heterocycles. The first kappa shape index (κ1) is 16.9. The number of piperazine rings is 1. The smallest absolute Gasteiger partial charge is 0.145 e. The van der Waals surface area contributed by atoms with Gasteiger partial charge in [-0.15, -0.1) is 0 Å². The summed E-state index contributed by atoms with van der Waals surface area (Å²) < 4.78 is 6.03. The fourth-order valence-corrected chi connectivity index (χ4v) is 3.16. The largest absolute Gasteiger partial charge is 0.455 e. The lowest BCUT2D eigenvalue weighted by Crippen LogP contribution is -2.46. The zero-order valence-electron chi connectivity index (χ0n) is 14.7. The molecule has 4 heteroatoms. The predicted molar refractivity (Wildman–Crippen MR) is 97.3 cm³/mol. The topological polar surface area (TPSA) is 28.6 Å². The monoisotopic (exact) mass is 325 g/mol. The minimum Gasteiger partial charge on any atom is -0.455 e. The number of rotatable bonds is 6. The van der Waals surface area contributed by atoms with Crippen molar-refractivity contribution in [1.29, 1.82) is 0 Å². The summed E-state index contributed by atoms with van der Waals surface area (Å²) in [6.45, 7) is 11.3. The van der Waals surface area contributed by atoms with Crippen molar-refractivity contribution in [3.05, 3.63) is 54.4 Å². The summed E-state index contributed by atoms with van der Waals surface area (Å²) in [7, 11) is 0. The molecule has 4 nitrogen and oxygen atoms in total. The molecule has 1 aromatic carbocycles. The summed E-state index contributed by atoms with van der Waals surface area (Å²) in [6.07, 6.45) is 3.51. The van der Waals surface area contributed by atoms with Gasteiger partial charge in [-0.3, -0.25) is 9.88 Å². The molecule has 1 saturated heterocycles. The van der Waals surface area contributed by atoms with Crippen LogP contribution in [0.25, 0.3) is 0 Å². The molecule has 0 radical (unpaired) electrons.